The first kappa shape index (κ1) is 15.3. The quantitative estimate of drug-likeness (QED) is 0.622. The van der Waals surface area contributed by atoms with Gasteiger partial charge in [-0.3, -0.25) is 0 Å². The number of hydrogen-bond donors (Lipinski definition) is 2. The molecule has 0 heterocycles. The van der Waals surface area contributed by atoms with Crippen LogP contribution in [0.15, 0.2) is 23.1 Å². The molecule has 1 aromatic rings. The van der Waals surface area contributed by atoms with Crippen LogP contribution in [0.1, 0.15) is 13.8 Å². The standard InChI is InChI=1S/C12H17N3O3S/c1-3-15(8-9(2)7-13)19(17,18)10-4-5-12(16)11(14)6-10/h4-6,9,16H,3,8,14H2,1-2H3. The first-order valence-electron chi connectivity index (χ1n) is 5.81. The Bertz CT molecular complexity index is 593. The maximum atomic E-state index is 12.4. The average molecular weight is 283 g/mol. The summed E-state index contributed by atoms with van der Waals surface area (Å²) in [5, 5.41) is 18.1. The third kappa shape index (κ3) is 3.36. The summed E-state index contributed by atoms with van der Waals surface area (Å²) in [5.74, 6) is -0.559. The number of sulfonamides is 1. The zero-order valence-electron chi connectivity index (χ0n) is 10.9. The highest BCUT2D eigenvalue weighted by Crippen LogP contribution is 2.25. The van der Waals surface area contributed by atoms with Crippen molar-refractivity contribution >= 4 is 15.7 Å². The molecule has 0 fully saturated rings. The second-order valence-corrected chi connectivity index (χ2v) is 6.14. The number of phenols is 1. The third-order valence-corrected chi connectivity index (χ3v) is 4.62. The van der Waals surface area contributed by atoms with Gasteiger partial charge in [0.05, 0.1) is 22.6 Å². The van der Waals surface area contributed by atoms with Gasteiger partial charge in [-0.05, 0) is 25.1 Å². The molecule has 19 heavy (non-hydrogen) atoms. The van der Waals surface area contributed by atoms with E-state index in [0.29, 0.717) is 0 Å². The largest absolute Gasteiger partial charge is 0.506 e. The van der Waals surface area contributed by atoms with Gasteiger partial charge in [0.1, 0.15) is 5.75 Å². The van der Waals surface area contributed by atoms with Crippen LogP contribution in [0.3, 0.4) is 0 Å². The lowest BCUT2D eigenvalue weighted by Crippen LogP contribution is -2.34. The summed E-state index contributed by atoms with van der Waals surface area (Å²) >= 11 is 0. The molecule has 0 bridgehead atoms. The summed E-state index contributed by atoms with van der Waals surface area (Å²) in [6.45, 7) is 3.74. The highest BCUT2D eigenvalue weighted by molar-refractivity contribution is 7.89. The number of nitrogens with two attached hydrogens (primary N) is 1. The molecule has 104 valence electrons. The predicted octanol–water partition coefficient (Wildman–Crippen LogP) is 1.14. The van der Waals surface area contributed by atoms with E-state index in [1.807, 2.05) is 6.07 Å². The van der Waals surface area contributed by atoms with Crippen LogP contribution in [-0.4, -0.2) is 30.9 Å². The maximum absolute atomic E-state index is 12.4. The fourth-order valence-corrected chi connectivity index (χ4v) is 3.16. The minimum absolute atomic E-state index is 0.00506. The van der Waals surface area contributed by atoms with Gasteiger partial charge in [-0.25, -0.2) is 8.42 Å². The average Bonchev–Trinajstić information content (AvgIpc) is 2.38. The van der Waals surface area contributed by atoms with Crippen LogP contribution < -0.4 is 5.73 Å². The minimum Gasteiger partial charge on any atom is -0.506 e. The number of nitrogen functional groups attached to an aromatic ring is 1. The van der Waals surface area contributed by atoms with Crippen molar-refractivity contribution in [3.05, 3.63) is 18.2 Å². The lowest BCUT2D eigenvalue weighted by molar-refractivity contribution is 0.399. The number of aromatic hydroxyl groups is 1. The van der Waals surface area contributed by atoms with Gasteiger partial charge in [-0.15, -0.1) is 0 Å². The number of phenolic OH excluding ortho intramolecular Hbond substituents is 1. The molecular weight excluding hydrogens is 266 g/mol. The summed E-state index contributed by atoms with van der Waals surface area (Å²) in [6.07, 6.45) is 0. The van der Waals surface area contributed by atoms with Crippen LogP contribution in [0.2, 0.25) is 0 Å². The molecule has 1 atom stereocenters. The van der Waals surface area contributed by atoms with Crippen LogP contribution in [0, 0.1) is 17.2 Å². The minimum atomic E-state index is -3.70. The Hall–Kier alpha value is -1.78. The zero-order chi connectivity index (χ0) is 14.6. The van der Waals surface area contributed by atoms with Crippen LogP contribution in [0.4, 0.5) is 5.69 Å². The SMILES string of the molecule is CCN(CC(C)C#N)S(=O)(=O)c1ccc(O)c(N)c1. The van der Waals surface area contributed by atoms with E-state index in [4.69, 9.17) is 11.0 Å². The number of nitrogens with zero attached hydrogens (tertiary/aromatic N) is 2. The van der Waals surface area contributed by atoms with E-state index >= 15 is 0 Å². The van der Waals surface area contributed by atoms with Gasteiger partial charge >= 0.3 is 0 Å². The van der Waals surface area contributed by atoms with E-state index in [1.165, 1.54) is 22.5 Å². The lowest BCUT2D eigenvalue weighted by atomic mass is 10.2. The normalized spacial score (nSPS) is 13.2. The molecule has 6 nitrogen and oxygen atoms in total. The molecule has 3 N–H and O–H groups in total. The van der Waals surface area contributed by atoms with Gasteiger partial charge < -0.3 is 10.8 Å². The van der Waals surface area contributed by atoms with E-state index in [-0.39, 0.29) is 29.4 Å². The zero-order valence-corrected chi connectivity index (χ0v) is 11.7. The fourth-order valence-electron chi connectivity index (χ4n) is 1.59. The monoisotopic (exact) mass is 283 g/mol. The van der Waals surface area contributed by atoms with Crippen LogP contribution in [0.5, 0.6) is 5.75 Å². The molecular formula is C12H17N3O3S. The van der Waals surface area contributed by atoms with Crippen molar-refractivity contribution in [3.8, 4) is 11.8 Å². The number of nitriles is 1. The number of benzene rings is 1. The Morgan fingerprint density at radius 1 is 1.53 bits per heavy atom. The van der Waals surface area contributed by atoms with E-state index < -0.39 is 15.9 Å². The van der Waals surface area contributed by atoms with Crippen LogP contribution in [-0.2, 0) is 10.0 Å². The maximum Gasteiger partial charge on any atom is 0.243 e. The smallest absolute Gasteiger partial charge is 0.243 e. The number of anilines is 1. The second kappa shape index (κ2) is 5.91. The summed E-state index contributed by atoms with van der Waals surface area (Å²) in [7, 11) is -3.70. The fraction of sp³-hybridized carbons (Fsp3) is 0.417. The van der Waals surface area contributed by atoms with Crippen molar-refractivity contribution in [1.82, 2.24) is 4.31 Å². The highest BCUT2D eigenvalue weighted by Gasteiger charge is 2.25. The van der Waals surface area contributed by atoms with E-state index in [0.717, 1.165) is 0 Å². The van der Waals surface area contributed by atoms with Gasteiger partial charge in [0, 0.05) is 13.1 Å². The molecule has 0 saturated heterocycles. The number of hydrogen-bond acceptors (Lipinski definition) is 5. The highest BCUT2D eigenvalue weighted by atomic mass is 32.2. The van der Waals surface area contributed by atoms with Gasteiger partial charge in [0.2, 0.25) is 10.0 Å². The third-order valence-electron chi connectivity index (χ3n) is 2.69. The summed E-state index contributed by atoms with van der Waals surface area (Å²) in [5.41, 5.74) is 5.51. The van der Waals surface area contributed by atoms with Crippen LogP contribution in [0.25, 0.3) is 0 Å². The predicted molar refractivity (Wildman–Crippen MR) is 71.7 cm³/mol. The molecule has 0 aromatic heterocycles. The van der Waals surface area contributed by atoms with Crippen LogP contribution >= 0.6 is 0 Å². The van der Waals surface area contributed by atoms with E-state index in [2.05, 4.69) is 0 Å². The second-order valence-electron chi connectivity index (χ2n) is 4.21. The van der Waals surface area contributed by atoms with Gasteiger partial charge in [-0.2, -0.15) is 9.57 Å². The molecule has 1 aromatic carbocycles. The Kier molecular flexibility index (Phi) is 4.75. The van der Waals surface area contributed by atoms with Crippen molar-refractivity contribution in [2.75, 3.05) is 18.8 Å². The van der Waals surface area contributed by atoms with Gasteiger partial charge in [-0.1, -0.05) is 6.92 Å². The summed E-state index contributed by atoms with van der Waals surface area (Å²) < 4.78 is 25.9. The van der Waals surface area contributed by atoms with Crippen molar-refractivity contribution in [1.29, 1.82) is 5.26 Å². The Morgan fingerprint density at radius 3 is 2.63 bits per heavy atom. The first-order valence-corrected chi connectivity index (χ1v) is 7.25. The molecule has 1 rings (SSSR count). The molecule has 0 saturated carbocycles. The molecule has 0 spiro atoms. The first-order chi connectivity index (χ1) is 8.82. The van der Waals surface area contributed by atoms with Gasteiger partial charge in [0.15, 0.2) is 0 Å². The topological polar surface area (TPSA) is 107 Å². The molecule has 0 radical (unpaired) electrons. The van der Waals surface area contributed by atoms with Crippen molar-refractivity contribution in [2.24, 2.45) is 5.92 Å². The Balaban J connectivity index is 3.14. The summed E-state index contributed by atoms with van der Waals surface area (Å²) in [6, 6.07) is 5.75. The summed E-state index contributed by atoms with van der Waals surface area (Å²) in [4.78, 5) is 0.00906. The van der Waals surface area contributed by atoms with Crippen molar-refractivity contribution < 1.29 is 13.5 Å². The molecule has 7 heteroatoms. The molecule has 0 aliphatic rings. The number of rotatable bonds is 5. The van der Waals surface area contributed by atoms with E-state index in [1.54, 1.807) is 13.8 Å². The molecule has 0 amide bonds. The van der Waals surface area contributed by atoms with Crippen molar-refractivity contribution in [3.63, 3.8) is 0 Å². The molecule has 1 unspecified atom stereocenters. The Labute approximate surface area is 113 Å². The molecule has 0 aliphatic heterocycles. The Morgan fingerprint density at radius 2 is 2.16 bits per heavy atom. The molecule has 0 aliphatic carbocycles. The van der Waals surface area contributed by atoms with Gasteiger partial charge in [0.25, 0.3) is 0 Å². The van der Waals surface area contributed by atoms with Crippen molar-refractivity contribution in [2.45, 2.75) is 18.7 Å². The lowest BCUT2D eigenvalue weighted by Gasteiger charge is -2.21. The van der Waals surface area contributed by atoms with E-state index in [9.17, 15) is 13.5 Å².